The lowest BCUT2D eigenvalue weighted by Gasteiger charge is -2.30. The van der Waals surface area contributed by atoms with E-state index in [2.05, 4.69) is 20.4 Å². The van der Waals surface area contributed by atoms with Gasteiger partial charge in [0.2, 0.25) is 11.8 Å². The highest BCUT2D eigenvalue weighted by Gasteiger charge is 2.28. The van der Waals surface area contributed by atoms with Gasteiger partial charge in [-0.25, -0.2) is 0 Å². The van der Waals surface area contributed by atoms with Gasteiger partial charge in [-0.05, 0) is 37.8 Å². The number of carbonyl (C=O) groups is 1. The van der Waals surface area contributed by atoms with E-state index in [0.717, 1.165) is 50.9 Å². The SMILES string of the molecule is O=C(NC[C@@H]1CCCO1)C1CCN(c2nnc(-c3ccccc3)o2)CC1. The number of carbonyl (C=O) groups excluding carboxylic acids is 1. The Labute approximate surface area is 152 Å². The molecule has 1 amide bonds. The standard InChI is InChI=1S/C19H24N4O3/c24-17(20-13-16-7-4-12-25-16)14-8-10-23(11-9-14)19-22-21-18(26-19)15-5-2-1-3-6-15/h1-3,5-6,14,16H,4,7-13H2,(H,20,24)/t16-/m0/s1. The molecule has 2 saturated heterocycles. The highest BCUT2D eigenvalue weighted by atomic mass is 16.5. The summed E-state index contributed by atoms with van der Waals surface area (Å²) in [7, 11) is 0. The third-order valence-electron chi connectivity index (χ3n) is 5.10. The molecule has 138 valence electrons. The molecule has 1 aromatic heterocycles. The van der Waals surface area contributed by atoms with Gasteiger partial charge in [0.05, 0.1) is 6.10 Å². The normalized spacial score (nSPS) is 21.1. The zero-order valence-corrected chi connectivity index (χ0v) is 14.8. The Morgan fingerprint density at radius 1 is 1.15 bits per heavy atom. The molecule has 2 aliphatic rings. The summed E-state index contributed by atoms with van der Waals surface area (Å²) in [5.41, 5.74) is 0.912. The smallest absolute Gasteiger partial charge is 0.318 e. The van der Waals surface area contributed by atoms with Crippen molar-refractivity contribution in [3.8, 4) is 11.5 Å². The number of benzene rings is 1. The van der Waals surface area contributed by atoms with Gasteiger partial charge in [-0.2, -0.15) is 0 Å². The lowest BCUT2D eigenvalue weighted by atomic mass is 9.96. The highest BCUT2D eigenvalue weighted by Crippen LogP contribution is 2.26. The van der Waals surface area contributed by atoms with Gasteiger partial charge in [0.25, 0.3) is 0 Å². The fourth-order valence-corrected chi connectivity index (χ4v) is 3.54. The Kier molecular flexibility index (Phi) is 5.15. The van der Waals surface area contributed by atoms with E-state index in [1.54, 1.807) is 0 Å². The minimum atomic E-state index is 0.0455. The largest absolute Gasteiger partial charge is 0.403 e. The summed E-state index contributed by atoms with van der Waals surface area (Å²) in [6.45, 7) is 2.93. The van der Waals surface area contributed by atoms with Gasteiger partial charge in [0, 0.05) is 37.7 Å². The van der Waals surface area contributed by atoms with Crippen molar-refractivity contribution in [1.82, 2.24) is 15.5 Å². The topological polar surface area (TPSA) is 80.5 Å². The van der Waals surface area contributed by atoms with Crippen LogP contribution in [0.4, 0.5) is 6.01 Å². The van der Waals surface area contributed by atoms with Crippen LogP contribution in [-0.2, 0) is 9.53 Å². The minimum Gasteiger partial charge on any atom is -0.403 e. The minimum absolute atomic E-state index is 0.0455. The third-order valence-corrected chi connectivity index (χ3v) is 5.10. The van der Waals surface area contributed by atoms with Crippen molar-refractivity contribution < 1.29 is 13.9 Å². The van der Waals surface area contributed by atoms with E-state index < -0.39 is 0 Å². The molecular formula is C19H24N4O3. The van der Waals surface area contributed by atoms with Crippen molar-refractivity contribution in [3.05, 3.63) is 30.3 Å². The maximum atomic E-state index is 12.4. The summed E-state index contributed by atoms with van der Waals surface area (Å²) in [5, 5.41) is 11.3. The molecule has 1 aromatic carbocycles. The summed E-state index contributed by atoms with van der Waals surface area (Å²) in [6.07, 6.45) is 3.91. The fraction of sp³-hybridized carbons (Fsp3) is 0.526. The van der Waals surface area contributed by atoms with Crippen LogP contribution in [0.2, 0.25) is 0 Å². The van der Waals surface area contributed by atoms with Crippen molar-refractivity contribution >= 4 is 11.9 Å². The van der Waals surface area contributed by atoms with Crippen LogP contribution in [-0.4, -0.2) is 48.4 Å². The second kappa shape index (κ2) is 7.86. The monoisotopic (exact) mass is 356 g/mol. The van der Waals surface area contributed by atoms with E-state index in [9.17, 15) is 4.79 Å². The van der Waals surface area contributed by atoms with Crippen molar-refractivity contribution in [3.63, 3.8) is 0 Å². The quantitative estimate of drug-likeness (QED) is 0.885. The lowest BCUT2D eigenvalue weighted by Crippen LogP contribution is -2.42. The van der Waals surface area contributed by atoms with Crippen LogP contribution in [0, 0.1) is 5.92 Å². The summed E-state index contributed by atoms with van der Waals surface area (Å²) in [5.74, 6) is 0.705. The fourth-order valence-electron chi connectivity index (χ4n) is 3.54. The van der Waals surface area contributed by atoms with Gasteiger partial charge < -0.3 is 19.4 Å². The molecule has 7 nitrogen and oxygen atoms in total. The van der Waals surface area contributed by atoms with Gasteiger partial charge in [-0.15, -0.1) is 5.10 Å². The zero-order chi connectivity index (χ0) is 17.8. The third kappa shape index (κ3) is 3.88. The van der Waals surface area contributed by atoms with E-state index in [4.69, 9.17) is 9.15 Å². The maximum Gasteiger partial charge on any atom is 0.318 e. The van der Waals surface area contributed by atoms with Crippen LogP contribution < -0.4 is 10.2 Å². The van der Waals surface area contributed by atoms with Crippen molar-refractivity contribution in [2.45, 2.75) is 31.8 Å². The van der Waals surface area contributed by atoms with E-state index in [-0.39, 0.29) is 17.9 Å². The molecule has 2 aromatic rings. The Balaban J connectivity index is 1.28. The first kappa shape index (κ1) is 17.0. The predicted octanol–water partition coefficient (Wildman–Crippen LogP) is 2.25. The molecule has 26 heavy (non-hydrogen) atoms. The molecule has 2 fully saturated rings. The Morgan fingerprint density at radius 2 is 1.96 bits per heavy atom. The Morgan fingerprint density at radius 3 is 2.69 bits per heavy atom. The van der Waals surface area contributed by atoms with E-state index in [0.29, 0.717) is 18.5 Å². The number of hydrogen-bond acceptors (Lipinski definition) is 6. The molecule has 0 bridgehead atoms. The first-order valence-electron chi connectivity index (χ1n) is 9.33. The van der Waals surface area contributed by atoms with E-state index in [1.165, 1.54) is 0 Å². The van der Waals surface area contributed by atoms with Gasteiger partial charge in [0.1, 0.15) is 0 Å². The number of nitrogens with one attached hydrogen (secondary N) is 1. The molecule has 1 atom stereocenters. The average molecular weight is 356 g/mol. The van der Waals surface area contributed by atoms with Crippen molar-refractivity contribution in [2.24, 2.45) is 5.92 Å². The summed E-state index contributed by atoms with van der Waals surface area (Å²) in [6, 6.07) is 10.3. The highest BCUT2D eigenvalue weighted by molar-refractivity contribution is 5.79. The average Bonchev–Trinajstić information content (AvgIpc) is 3.39. The Hall–Kier alpha value is -2.41. The molecule has 0 radical (unpaired) electrons. The van der Waals surface area contributed by atoms with Crippen molar-refractivity contribution in [1.29, 1.82) is 0 Å². The molecule has 7 heteroatoms. The molecular weight excluding hydrogens is 332 g/mol. The maximum absolute atomic E-state index is 12.4. The number of nitrogens with zero attached hydrogens (tertiary/aromatic N) is 3. The molecule has 2 aliphatic heterocycles. The van der Waals surface area contributed by atoms with Crippen LogP contribution in [0.15, 0.2) is 34.7 Å². The van der Waals surface area contributed by atoms with E-state index in [1.807, 2.05) is 30.3 Å². The predicted molar refractivity (Wildman–Crippen MR) is 96.7 cm³/mol. The zero-order valence-electron chi connectivity index (χ0n) is 14.8. The van der Waals surface area contributed by atoms with Crippen LogP contribution in [0.3, 0.4) is 0 Å². The first-order valence-corrected chi connectivity index (χ1v) is 9.33. The van der Waals surface area contributed by atoms with Gasteiger partial charge in [-0.1, -0.05) is 23.3 Å². The molecule has 0 aliphatic carbocycles. The van der Waals surface area contributed by atoms with Gasteiger partial charge >= 0.3 is 6.01 Å². The number of ether oxygens (including phenoxy) is 1. The second-order valence-corrected chi connectivity index (χ2v) is 6.90. The van der Waals surface area contributed by atoms with Crippen LogP contribution in [0.1, 0.15) is 25.7 Å². The summed E-state index contributed by atoms with van der Waals surface area (Å²) >= 11 is 0. The van der Waals surface area contributed by atoms with Crippen LogP contribution in [0.5, 0.6) is 0 Å². The number of aromatic nitrogens is 2. The van der Waals surface area contributed by atoms with Crippen molar-refractivity contribution in [2.75, 3.05) is 31.1 Å². The number of hydrogen-bond donors (Lipinski definition) is 1. The second-order valence-electron chi connectivity index (χ2n) is 6.90. The van der Waals surface area contributed by atoms with E-state index >= 15 is 0 Å². The van der Waals surface area contributed by atoms with Crippen LogP contribution >= 0.6 is 0 Å². The number of piperidine rings is 1. The molecule has 3 heterocycles. The van der Waals surface area contributed by atoms with Crippen LogP contribution in [0.25, 0.3) is 11.5 Å². The number of amides is 1. The Bertz CT molecular complexity index is 719. The number of rotatable bonds is 5. The summed E-state index contributed by atoms with van der Waals surface area (Å²) in [4.78, 5) is 14.4. The molecule has 1 N–H and O–H groups in total. The molecule has 0 spiro atoms. The molecule has 0 saturated carbocycles. The molecule has 0 unspecified atom stereocenters. The molecule has 4 rings (SSSR count). The van der Waals surface area contributed by atoms with Gasteiger partial charge in [0.15, 0.2) is 0 Å². The summed E-state index contributed by atoms with van der Waals surface area (Å²) < 4.78 is 11.4. The number of anilines is 1. The van der Waals surface area contributed by atoms with Gasteiger partial charge in [-0.3, -0.25) is 4.79 Å². The lowest BCUT2D eigenvalue weighted by molar-refractivity contribution is -0.126. The first-order chi connectivity index (χ1) is 12.8.